The van der Waals surface area contributed by atoms with Crippen LogP contribution in [0.3, 0.4) is 0 Å². The van der Waals surface area contributed by atoms with Crippen LogP contribution in [-0.2, 0) is 0 Å². The molecule has 2 N–H and O–H groups in total. The van der Waals surface area contributed by atoms with Gasteiger partial charge in [0.05, 0.1) is 6.10 Å². The molecule has 1 aliphatic rings. The van der Waals surface area contributed by atoms with E-state index in [0.29, 0.717) is 6.04 Å². The third-order valence-corrected chi connectivity index (χ3v) is 3.50. The maximum absolute atomic E-state index is 9.82. The molecule has 0 saturated heterocycles. The highest BCUT2D eigenvalue weighted by Gasteiger charge is 2.26. The molecule has 0 spiro atoms. The Morgan fingerprint density at radius 1 is 1.31 bits per heavy atom. The van der Waals surface area contributed by atoms with E-state index in [-0.39, 0.29) is 12.1 Å². The summed E-state index contributed by atoms with van der Waals surface area (Å²) in [6.07, 6.45) is 4.10. The van der Waals surface area contributed by atoms with Crippen LogP contribution in [-0.4, -0.2) is 17.3 Å². The predicted octanol–water partition coefficient (Wildman–Crippen LogP) is 2.64. The number of aliphatic hydroxyl groups is 1. The number of benzene rings is 1. The summed E-state index contributed by atoms with van der Waals surface area (Å²) >= 11 is 0. The summed E-state index contributed by atoms with van der Waals surface area (Å²) in [5.74, 6) is 0. The molecular formula is C14H21NO. The van der Waals surface area contributed by atoms with Crippen molar-refractivity contribution in [2.45, 2.75) is 50.8 Å². The molecule has 1 saturated carbocycles. The minimum absolute atomic E-state index is 0.155. The zero-order valence-electron chi connectivity index (χ0n) is 9.89. The largest absolute Gasteiger partial charge is 0.392 e. The third-order valence-electron chi connectivity index (χ3n) is 3.50. The molecule has 0 radical (unpaired) electrons. The molecule has 0 aliphatic heterocycles. The fourth-order valence-corrected chi connectivity index (χ4v) is 2.53. The Labute approximate surface area is 97.7 Å². The first-order chi connectivity index (χ1) is 7.81. The average Bonchev–Trinajstić information content (AvgIpc) is 2.73. The van der Waals surface area contributed by atoms with E-state index in [1.807, 2.05) is 6.07 Å². The van der Waals surface area contributed by atoms with Crippen molar-refractivity contribution in [1.29, 1.82) is 0 Å². The first kappa shape index (κ1) is 11.6. The van der Waals surface area contributed by atoms with Crippen molar-refractivity contribution in [3.63, 3.8) is 0 Å². The molecule has 1 aromatic carbocycles. The molecule has 0 aromatic heterocycles. The van der Waals surface area contributed by atoms with Crippen molar-refractivity contribution in [2.24, 2.45) is 0 Å². The SMILES string of the molecule is CCC(N[C@H]1CCC[C@@H]1O)c1ccccc1. The minimum atomic E-state index is -0.155. The highest BCUT2D eigenvalue weighted by Crippen LogP contribution is 2.24. The summed E-state index contributed by atoms with van der Waals surface area (Å²) in [5, 5.41) is 13.4. The van der Waals surface area contributed by atoms with Crippen molar-refractivity contribution in [3.05, 3.63) is 35.9 Å². The van der Waals surface area contributed by atoms with Gasteiger partial charge in [-0.15, -0.1) is 0 Å². The molecule has 3 atom stereocenters. The lowest BCUT2D eigenvalue weighted by Gasteiger charge is -2.24. The van der Waals surface area contributed by atoms with E-state index in [4.69, 9.17) is 0 Å². The standard InChI is InChI=1S/C14H21NO/c1-2-12(11-7-4-3-5-8-11)15-13-9-6-10-14(13)16/h3-5,7-8,12-16H,2,6,9-10H2,1H3/t12?,13-,14-/m0/s1. The molecule has 16 heavy (non-hydrogen) atoms. The Bertz CT molecular complexity index is 312. The quantitative estimate of drug-likeness (QED) is 0.816. The molecule has 2 heteroatoms. The summed E-state index contributed by atoms with van der Waals surface area (Å²) in [4.78, 5) is 0. The number of rotatable bonds is 4. The molecule has 2 rings (SSSR count). The summed E-state index contributed by atoms with van der Waals surface area (Å²) < 4.78 is 0. The van der Waals surface area contributed by atoms with Crippen LogP contribution in [0.5, 0.6) is 0 Å². The van der Waals surface area contributed by atoms with Crippen molar-refractivity contribution < 1.29 is 5.11 Å². The first-order valence-corrected chi connectivity index (χ1v) is 6.30. The first-order valence-electron chi connectivity index (χ1n) is 6.30. The summed E-state index contributed by atoms with van der Waals surface area (Å²) in [6.45, 7) is 2.19. The van der Waals surface area contributed by atoms with E-state index in [0.717, 1.165) is 25.7 Å². The third kappa shape index (κ3) is 2.63. The van der Waals surface area contributed by atoms with Crippen molar-refractivity contribution >= 4 is 0 Å². The van der Waals surface area contributed by atoms with Crippen LogP contribution in [0.1, 0.15) is 44.2 Å². The number of hydrogen-bond acceptors (Lipinski definition) is 2. The van der Waals surface area contributed by atoms with Crippen LogP contribution in [0.25, 0.3) is 0 Å². The van der Waals surface area contributed by atoms with Gasteiger partial charge in [-0.1, -0.05) is 37.3 Å². The molecule has 2 nitrogen and oxygen atoms in total. The Balaban J connectivity index is 2.00. The number of nitrogens with one attached hydrogen (secondary N) is 1. The molecule has 88 valence electrons. The Morgan fingerprint density at radius 2 is 2.06 bits per heavy atom. The zero-order chi connectivity index (χ0) is 11.4. The molecule has 1 aliphatic carbocycles. The normalized spacial score (nSPS) is 26.9. The van der Waals surface area contributed by atoms with E-state index in [1.165, 1.54) is 5.56 Å². The van der Waals surface area contributed by atoms with Gasteiger partial charge in [-0.3, -0.25) is 0 Å². The smallest absolute Gasteiger partial charge is 0.0693 e. The molecular weight excluding hydrogens is 198 g/mol. The summed E-state index contributed by atoms with van der Waals surface area (Å²) in [7, 11) is 0. The van der Waals surface area contributed by atoms with E-state index in [1.54, 1.807) is 0 Å². The van der Waals surface area contributed by atoms with E-state index in [2.05, 4.69) is 36.5 Å². The van der Waals surface area contributed by atoms with Gasteiger partial charge in [0.25, 0.3) is 0 Å². The lowest BCUT2D eigenvalue weighted by molar-refractivity contribution is 0.142. The number of aliphatic hydroxyl groups excluding tert-OH is 1. The summed E-state index contributed by atoms with van der Waals surface area (Å²) in [6, 6.07) is 11.2. The van der Waals surface area contributed by atoms with Crippen molar-refractivity contribution in [1.82, 2.24) is 5.32 Å². The maximum Gasteiger partial charge on any atom is 0.0693 e. The van der Waals surface area contributed by atoms with Gasteiger partial charge in [-0.2, -0.15) is 0 Å². The lowest BCUT2D eigenvalue weighted by atomic mass is 10.0. The monoisotopic (exact) mass is 219 g/mol. The second kappa shape index (κ2) is 5.46. The second-order valence-corrected chi connectivity index (χ2v) is 4.64. The van der Waals surface area contributed by atoms with Crippen LogP contribution in [0.2, 0.25) is 0 Å². The van der Waals surface area contributed by atoms with Gasteiger partial charge in [0, 0.05) is 12.1 Å². The van der Waals surface area contributed by atoms with E-state index < -0.39 is 0 Å². The fourth-order valence-electron chi connectivity index (χ4n) is 2.53. The fraction of sp³-hybridized carbons (Fsp3) is 0.571. The lowest BCUT2D eigenvalue weighted by Crippen LogP contribution is -2.38. The van der Waals surface area contributed by atoms with Crippen molar-refractivity contribution in [3.8, 4) is 0 Å². The topological polar surface area (TPSA) is 32.3 Å². The molecule has 1 fully saturated rings. The van der Waals surface area contributed by atoms with Crippen LogP contribution >= 0.6 is 0 Å². The van der Waals surface area contributed by atoms with Gasteiger partial charge in [-0.25, -0.2) is 0 Å². The summed E-state index contributed by atoms with van der Waals surface area (Å²) in [5.41, 5.74) is 1.32. The number of hydrogen-bond donors (Lipinski definition) is 2. The molecule has 1 aromatic rings. The molecule has 0 bridgehead atoms. The molecule has 0 amide bonds. The van der Waals surface area contributed by atoms with Crippen molar-refractivity contribution in [2.75, 3.05) is 0 Å². The molecule has 1 unspecified atom stereocenters. The van der Waals surface area contributed by atoms with Gasteiger partial charge in [0.15, 0.2) is 0 Å². The predicted molar refractivity (Wildman–Crippen MR) is 66.3 cm³/mol. The Kier molecular flexibility index (Phi) is 3.97. The van der Waals surface area contributed by atoms with Gasteiger partial charge < -0.3 is 10.4 Å². The molecule has 0 heterocycles. The van der Waals surface area contributed by atoms with Gasteiger partial charge in [-0.05, 0) is 31.2 Å². The van der Waals surface area contributed by atoms with Crippen LogP contribution in [0.15, 0.2) is 30.3 Å². The highest BCUT2D eigenvalue weighted by atomic mass is 16.3. The van der Waals surface area contributed by atoms with Crippen LogP contribution in [0.4, 0.5) is 0 Å². The van der Waals surface area contributed by atoms with E-state index >= 15 is 0 Å². The van der Waals surface area contributed by atoms with E-state index in [9.17, 15) is 5.11 Å². The second-order valence-electron chi connectivity index (χ2n) is 4.64. The Morgan fingerprint density at radius 3 is 2.62 bits per heavy atom. The zero-order valence-corrected chi connectivity index (χ0v) is 9.89. The van der Waals surface area contributed by atoms with Crippen LogP contribution in [0, 0.1) is 0 Å². The Hall–Kier alpha value is -0.860. The van der Waals surface area contributed by atoms with Crippen LogP contribution < -0.4 is 5.32 Å². The maximum atomic E-state index is 9.82. The average molecular weight is 219 g/mol. The van der Waals surface area contributed by atoms with Gasteiger partial charge in [0.1, 0.15) is 0 Å². The highest BCUT2D eigenvalue weighted by molar-refractivity contribution is 5.19. The van der Waals surface area contributed by atoms with Gasteiger partial charge in [0.2, 0.25) is 0 Å². The van der Waals surface area contributed by atoms with Gasteiger partial charge >= 0.3 is 0 Å². The minimum Gasteiger partial charge on any atom is -0.392 e.